The van der Waals surface area contributed by atoms with Gasteiger partial charge in [0.05, 0.1) is 30.9 Å². The molecule has 0 spiro atoms. The van der Waals surface area contributed by atoms with Gasteiger partial charge in [-0.1, -0.05) is 36.4 Å². The lowest BCUT2D eigenvalue weighted by atomic mass is 10.2. The van der Waals surface area contributed by atoms with E-state index in [1.54, 1.807) is 19.4 Å². The van der Waals surface area contributed by atoms with Crippen LogP contribution in [0, 0.1) is 6.92 Å². The molecule has 2 N–H and O–H groups in total. The minimum atomic E-state index is -0.411. The molecule has 0 bridgehead atoms. The number of ether oxygens (including phenoxy) is 1. The van der Waals surface area contributed by atoms with Gasteiger partial charge >= 0.3 is 6.03 Å². The number of rotatable bonds is 4. The number of nitrogens with one attached hydrogen (secondary N) is 2. The molecule has 3 aromatic rings. The highest BCUT2D eigenvalue weighted by atomic mass is 16.5. The largest absolute Gasteiger partial charge is 0.495 e. The van der Waals surface area contributed by atoms with E-state index in [0.717, 1.165) is 16.8 Å². The molecule has 0 radical (unpaired) electrons. The third-order valence-corrected chi connectivity index (χ3v) is 3.57. The number of carbonyl (C=O) groups is 1. The summed E-state index contributed by atoms with van der Waals surface area (Å²) in [5, 5.41) is 5.41. The molecule has 0 fully saturated rings. The molecule has 3 rings (SSSR count). The Labute approximate surface area is 145 Å². The Morgan fingerprint density at radius 3 is 2.48 bits per heavy atom. The smallest absolute Gasteiger partial charge is 0.324 e. The van der Waals surface area contributed by atoms with E-state index >= 15 is 0 Å². The maximum absolute atomic E-state index is 12.2. The summed E-state index contributed by atoms with van der Waals surface area (Å²) in [6.45, 7) is 1.94. The molecule has 0 aliphatic heterocycles. The lowest BCUT2D eigenvalue weighted by molar-refractivity contribution is 0.262. The number of methoxy groups -OCH3 is 1. The van der Waals surface area contributed by atoms with Gasteiger partial charge in [0.2, 0.25) is 0 Å². The molecule has 0 saturated heterocycles. The molecular weight excluding hydrogens is 316 g/mol. The summed E-state index contributed by atoms with van der Waals surface area (Å²) < 4.78 is 5.25. The summed E-state index contributed by atoms with van der Waals surface area (Å²) in [5.74, 6) is 0.954. The summed E-state index contributed by atoms with van der Waals surface area (Å²) in [7, 11) is 1.56. The van der Waals surface area contributed by atoms with Crippen molar-refractivity contribution >= 4 is 17.5 Å². The van der Waals surface area contributed by atoms with Crippen LogP contribution in [0.1, 0.15) is 5.56 Å². The number of aryl methyl sites for hydroxylation is 1. The van der Waals surface area contributed by atoms with Crippen LogP contribution in [0.5, 0.6) is 5.75 Å². The zero-order valence-electron chi connectivity index (χ0n) is 14.0. The standard InChI is InChI=1S/C19H18N4O2/c1-13-8-9-17(25-2)15(10-13)22-19(24)23-18-12-20-16(11-21-18)14-6-4-3-5-7-14/h3-12H,1-2H3,(H2,21,22,23,24). The first-order chi connectivity index (χ1) is 12.2. The van der Waals surface area contributed by atoms with Gasteiger partial charge in [0.1, 0.15) is 5.75 Å². The van der Waals surface area contributed by atoms with E-state index in [0.29, 0.717) is 17.3 Å². The molecule has 1 heterocycles. The number of aromatic nitrogens is 2. The summed E-state index contributed by atoms with van der Waals surface area (Å²) in [5.41, 5.74) is 3.32. The van der Waals surface area contributed by atoms with Crippen molar-refractivity contribution in [3.05, 3.63) is 66.5 Å². The number of anilines is 2. The molecule has 0 atom stereocenters. The van der Waals surface area contributed by atoms with Crippen LogP contribution in [0.4, 0.5) is 16.3 Å². The number of hydrogen-bond donors (Lipinski definition) is 2. The molecule has 0 aliphatic carbocycles. The first-order valence-corrected chi connectivity index (χ1v) is 7.76. The van der Waals surface area contributed by atoms with E-state index < -0.39 is 6.03 Å². The van der Waals surface area contributed by atoms with Crippen molar-refractivity contribution < 1.29 is 9.53 Å². The molecule has 6 nitrogen and oxygen atoms in total. The van der Waals surface area contributed by atoms with Crippen LogP contribution in [0.15, 0.2) is 60.9 Å². The van der Waals surface area contributed by atoms with Crippen LogP contribution in [0.2, 0.25) is 0 Å². The molecule has 0 aliphatic rings. The van der Waals surface area contributed by atoms with Gasteiger partial charge < -0.3 is 10.1 Å². The van der Waals surface area contributed by atoms with Crippen molar-refractivity contribution in [2.45, 2.75) is 6.92 Å². The van der Waals surface area contributed by atoms with Crippen molar-refractivity contribution in [3.63, 3.8) is 0 Å². The van der Waals surface area contributed by atoms with E-state index in [2.05, 4.69) is 20.6 Å². The lowest BCUT2D eigenvalue weighted by Gasteiger charge is -2.11. The van der Waals surface area contributed by atoms with Crippen LogP contribution < -0.4 is 15.4 Å². The van der Waals surface area contributed by atoms with Gasteiger partial charge in [0.25, 0.3) is 0 Å². The van der Waals surface area contributed by atoms with Gasteiger partial charge in [-0.3, -0.25) is 10.3 Å². The minimum Gasteiger partial charge on any atom is -0.495 e. The molecule has 2 amide bonds. The first kappa shape index (κ1) is 16.4. The van der Waals surface area contributed by atoms with E-state index in [-0.39, 0.29) is 0 Å². The van der Waals surface area contributed by atoms with Crippen LogP contribution in [-0.4, -0.2) is 23.1 Å². The highest BCUT2D eigenvalue weighted by Crippen LogP contribution is 2.25. The van der Waals surface area contributed by atoms with Gasteiger partial charge in [-0.15, -0.1) is 0 Å². The summed E-state index contributed by atoms with van der Waals surface area (Å²) in [6, 6.07) is 14.9. The van der Waals surface area contributed by atoms with Gasteiger partial charge in [0, 0.05) is 5.56 Å². The number of hydrogen-bond acceptors (Lipinski definition) is 4. The number of benzene rings is 2. The predicted octanol–water partition coefficient (Wildman–Crippen LogP) is 4.10. The maximum Gasteiger partial charge on any atom is 0.324 e. The Kier molecular flexibility index (Phi) is 4.89. The second-order valence-corrected chi connectivity index (χ2v) is 5.44. The molecule has 2 aromatic carbocycles. The second kappa shape index (κ2) is 7.44. The number of urea groups is 1. The van der Waals surface area contributed by atoms with E-state index in [9.17, 15) is 4.79 Å². The van der Waals surface area contributed by atoms with Gasteiger partial charge in [-0.2, -0.15) is 0 Å². The van der Waals surface area contributed by atoms with Crippen molar-refractivity contribution in [2.75, 3.05) is 17.7 Å². The normalized spacial score (nSPS) is 10.2. The van der Waals surface area contributed by atoms with Gasteiger partial charge in [-0.05, 0) is 24.6 Å². The van der Waals surface area contributed by atoms with Crippen LogP contribution in [0.25, 0.3) is 11.3 Å². The average Bonchev–Trinajstić information content (AvgIpc) is 2.63. The zero-order chi connectivity index (χ0) is 17.6. The maximum atomic E-state index is 12.2. The Bertz CT molecular complexity index is 864. The molecular formula is C19H18N4O2. The van der Waals surface area contributed by atoms with E-state index in [1.165, 1.54) is 6.20 Å². The molecule has 126 valence electrons. The molecule has 6 heteroatoms. The minimum absolute atomic E-state index is 0.365. The van der Waals surface area contributed by atoms with Crippen molar-refractivity contribution in [3.8, 4) is 17.0 Å². The zero-order valence-corrected chi connectivity index (χ0v) is 14.0. The fraction of sp³-hybridized carbons (Fsp3) is 0.105. The number of amides is 2. The summed E-state index contributed by atoms with van der Waals surface area (Å²) in [6.07, 6.45) is 3.15. The fourth-order valence-corrected chi connectivity index (χ4v) is 2.34. The number of carbonyl (C=O) groups excluding carboxylic acids is 1. The molecule has 1 aromatic heterocycles. The Morgan fingerprint density at radius 2 is 1.80 bits per heavy atom. The van der Waals surface area contributed by atoms with E-state index in [4.69, 9.17) is 4.74 Å². The molecule has 25 heavy (non-hydrogen) atoms. The lowest BCUT2D eigenvalue weighted by Crippen LogP contribution is -2.20. The van der Waals surface area contributed by atoms with Crippen molar-refractivity contribution in [1.29, 1.82) is 0 Å². The highest BCUT2D eigenvalue weighted by molar-refractivity contribution is 6.00. The van der Waals surface area contributed by atoms with E-state index in [1.807, 2.05) is 49.4 Å². The SMILES string of the molecule is COc1ccc(C)cc1NC(=O)Nc1cnc(-c2ccccc2)cn1. The Balaban J connectivity index is 1.68. The van der Waals surface area contributed by atoms with Gasteiger partial charge in [-0.25, -0.2) is 9.78 Å². The summed E-state index contributed by atoms with van der Waals surface area (Å²) in [4.78, 5) is 20.7. The third kappa shape index (κ3) is 4.11. The molecule has 0 unspecified atom stereocenters. The average molecular weight is 334 g/mol. The topological polar surface area (TPSA) is 76.1 Å². The predicted molar refractivity (Wildman–Crippen MR) is 97.8 cm³/mol. The summed E-state index contributed by atoms with van der Waals surface area (Å²) >= 11 is 0. The highest BCUT2D eigenvalue weighted by Gasteiger charge is 2.09. The third-order valence-electron chi connectivity index (χ3n) is 3.57. The monoisotopic (exact) mass is 334 g/mol. The fourth-order valence-electron chi connectivity index (χ4n) is 2.34. The Morgan fingerprint density at radius 1 is 1.00 bits per heavy atom. The molecule has 0 saturated carbocycles. The van der Waals surface area contributed by atoms with Crippen LogP contribution in [-0.2, 0) is 0 Å². The van der Waals surface area contributed by atoms with Crippen molar-refractivity contribution in [1.82, 2.24) is 9.97 Å². The van der Waals surface area contributed by atoms with Gasteiger partial charge in [0.15, 0.2) is 5.82 Å². The second-order valence-electron chi connectivity index (χ2n) is 5.44. The number of nitrogens with zero attached hydrogens (tertiary/aromatic N) is 2. The van der Waals surface area contributed by atoms with Crippen molar-refractivity contribution in [2.24, 2.45) is 0 Å². The first-order valence-electron chi connectivity index (χ1n) is 7.76. The van der Waals surface area contributed by atoms with Crippen LogP contribution >= 0.6 is 0 Å². The quantitative estimate of drug-likeness (QED) is 0.753. The Hall–Kier alpha value is -3.41. The van der Waals surface area contributed by atoms with Crippen LogP contribution in [0.3, 0.4) is 0 Å².